The highest BCUT2D eigenvalue weighted by Gasteiger charge is 2.24. The molecule has 1 N–H and O–H groups in total. The summed E-state index contributed by atoms with van der Waals surface area (Å²) in [4.78, 5) is 12.5. The number of rotatable bonds is 4. The van der Waals surface area contributed by atoms with Gasteiger partial charge in [0.1, 0.15) is 0 Å². The van der Waals surface area contributed by atoms with Crippen molar-refractivity contribution in [2.75, 3.05) is 22.4 Å². The maximum absolute atomic E-state index is 12.5. The first-order valence-corrected chi connectivity index (χ1v) is 10.2. The molecule has 1 aliphatic heterocycles. The molecule has 0 aliphatic carbocycles. The smallest absolute Gasteiger partial charge is 0.255 e. The average molecular weight is 358 g/mol. The molecule has 0 saturated heterocycles. The Bertz CT molecular complexity index is 907. The first-order chi connectivity index (χ1) is 11.9. The number of aryl methyl sites for hydroxylation is 2. The van der Waals surface area contributed by atoms with Gasteiger partial charge in [-0.3, -0.25) is 9.10 Å². The normalized spacial score (nSPS) is 14.1. The minimum atomic E-state index is -3.30. The summed E-state index contributed by atoms with van der Waals surface area (Å²) in [6.07, 6.45) is 3.64. The second-order valence-corrected chi connectivity index (χ2v) is 8.20. The lowest BCUT2D eigenvalue weighted by molar-refractivity contribution is 0.102. The number of anilines is 2. The van der Waals surface area contributed by atoms with E-state index in [1.165, 1.54) is 10.6 Å². The van der Waals surface area contributed by atoms with Gasteiger partial charge in [-0.15, -0.1) is 0 Å². The molecule has 1 amide bonds. The number of fused-ring (bicyclic) bond motifs is 1. The van der Waals surface area contributed by atoms with Crippen molar-refractivity contribution in [1.82, 2.24) is 0 Å². The highest BCUT2D eigenvalue weighted by molar-refractivity contribution is 7.92. The fourth-order valence-corrected chi connectivity index (χ4v) is 4.12. The minimum absolute atomic E-state index is 0.187. The van der Waals surface area contributed by atoms with Gasteiger partial charge in [0.05, 0.1) is 11.9 Å². The molecule has 0 bridgehead atoms. The molecular weight excluding hydrogens is 336 g/mol. The van der Waals surface area contributed by atoms with E-state index < -0.39 is 10.0 Å². The van der Waals surface area contributed by atoms with Crippen LogP contribution in [-0.4, -0.2) is 27.1 Å². The van der Waals surface area contributed by atoms with Gasteiger partial charge in [0.2, 0.25) is 10.0 Å². The number of nitrogens with zero attached hydrogens (tertiary/aromatic N) is 1. The molecule has 0 aromatic heterocycles. The first-order valence-electron chi connectivity index (χ1n) is 8.39. The van der Waals surface area contributed by atoms with E-state index in [9.17, 15) is 13.2 Å². The summed E-state index contributed by atoms with van der Waals surface area (Å²) in [7, 11) is -3.30. The zero-order chi connectivity index (χ0) is 18.0. The van der Waals surface area contributed by atoms with Crippen molar-refractivity contribution >= 4 is 27.3 Å². The highest BCUT2D eigenvalue weighted by atomic mass is 32.2. The Balaban J connectivity index is 1.85. The van der Waals surface area contributed by atoms with Gasteiger partial charge >= 0.3 is 0 Å². The number of hydrogen-bond acceptors (Lipinski definition) is 3. The molecule has 1 heterocycles. The van der Waals surface area contributed by atoms with Crippen LogP contribution in [0.2, 0.25) is 0 Å². The Labute approximate surface area is 148 Å². The molecule has 1 aliphatic rings. The second kappa shape index (κ2) is 6.88. The quantitative estimate of drug-likeness (QED) is 0.913. The lowest BCUT2D eigenvalue weighted by Gasteiger charge is -2.29. The molecule has 0 saturated carbocycles. The standard InChI is InChI=1S/C19H22N2O3S/c1-3-14-6-4-8-17(12-14)20-19(22)16-9-10-18-15(13-16)7-5-11-21(18)25(2,23)24/h4,6,8-10,12-13H,3,5,7,11H2,1-2H3,(H,20,22). The topological polar surface area (TPSA) is 66.5 Å². The molecule has 2 aromatic carbocycles. The molecule has 0 atom stereocenters. The Morgan fingerprint density at radius 3 is 2.72 bits per heavy atom. The summed E-state index contributed by atoms with van der Waals surface area (Å²) < 4.78 is 25.2. The van der Waals surface area contributed by atoms with E-state index in [2.05, 4.69) is 12.2 Å². The van der Waals surface area contributed by atoms with Gasteiger partial charge in [-0.05, 0) is 60.7 Å². The Morgan fingerprint density at radius 1 is 1.20 bits per heavy atom. The van der Waals surface area contributed by atoms with Crippen molar-refractivity contribution in [2.45, 2.75) is 26.2 Å². The van der Waals surface area contributed by atoms with Crippen molar-refractivity contribution in [3.8, 4) is 0 Å². The summed E-state index contributed by atoms with van der Waals surface area (Å²) in [6, 6.07) is 13.0. The van der Waals surface area contributed by atoms with Gasteiger partial charge in [-0.1, -0.05) is 19.1 Å². The highest BCUT2D eigenvalue weighted by Crippen LogP contribution is 2.30. The fourth-order valence-electron chi connectivity index (χ4n) is 3.12. The van der Waals surface area contributed by atoms with Gasteiger partial charge in [0.15, 0.2) is 0 Å². The summed E-state index contributed by atoms with van der Waals surface area (Å²) in [6.45, 7) is 2.55. The van der Waals surface area contributed by atoms with Crippen LogP contribution >= 0.6 is 0 Å². The molecule has 0 spiro atoms. The van der Waals surface area contributed by atoms with Crippen LogP contribution in [-0.2, 0) is 22.9 Å². The predicted octanol–water partition coefficient (Wildman–Crippen LogP) is 3.21. The number of hydrogen-bond donors (Lipinski definition) is 1. The SMILES string of the molecule is CCc1cccc(NC(=O)c2ccc3c(c2)CCCN3S(C)(=O)=O)c1. The molecule has 0 radical (unpaired) electrons. The summed E-state index contributed by atoms with van der Waals surface area (Å²) in [5, 5.41) is 2.91. The van der Waals surface area contributed by atoms with E-state index >= 15 is 0 Å². The number of benzene rings is 2. The maximum Gasteiger partial charge on any atom is 0.255 e. The number of sulfonamides is 1. The van der Waals surface area contributed by atoms with Crippen molar-refractivity contribution < 1.29 is 13.2 Å². The monoisotopic (exact) mass is 358 g/mol. The molecule has 0 unspecified atom stereocenters. The molecule has 132 valence electrons. The lowest BCUT2D eigenvalue weighted by Crippen LogP contribution is -2.34. The number of amides is 1. The third-order valence-electron chi connectivity index (χ3n) is 4.41. The third kappa shape index (κ3) is 3.85. The van der Waals surface area contributed by atoms with E-state index in [-0.39, 0.29) is 5.91 Å². The molecule has 25 heavy (non-hydrogen) atoms. The lowest BCUT2D eigenvalue weighted by atomic mass is 10.0. The van der Waals surface area contributed by atoms with Crippen LogP contribution in [0.4, 0.5) is 11.4 Å². The predicted molar refractivity (Wildman–Crippen MR) is 101 cm³/mol. The largest absolute Gasteiger partial charge is 0.322 e. The summed E-state index contributed by atoms with van der Waals surface area (Å²) in [5.41, 5.74) is 4.03. The van der Waals surface area contributed by atoms with E-state index in [0.29, 0.717) is 17.8 Å². The molecule has 6 heteroatoms. The van der Waals surface area contributed by atoms with Gasteiger partial charge < -0.3 is 5.32 Å². The van der Waals surface area contributed by atoms with Crippen molar-refractivity contribution in [3.05, 3.63) is 59.2 Å². The minimum Gasteiger partial charge on any atom is -0.322 e. The van der Waals surface area contributed by atoms with Crippen LogP contribution in [0.15, 0.2) is 42.5 Å². The Kier molecular flexibility index (Phi) is 4.81. The molecule has 2 aromatic rings. The van der Waals surface area contributed by atoms with Crippen LogP contribution < -0.4 is 9.62 Å². The van der Waals surface area contributed by atoms with Crippen LogP contribution in [0, 0.1) is 0 Å². The molecule has 3 rings (SSSR count). The van der Waals surface area contributed by atoms with Gasteiger partial charge in [0, 0.05) is 17.8 Å². The van der Waals surface area contributed by atoms with Crippen molar-refractivity contribution in [3.63, 3.8) is 0 Å². The molecular formula is C19H22N2O3S. The summed E-state index contributed by atoms with van der Waals surface area (Å²) >= 11 is 0. The first kappa shape index (κ1) is 17.5. The van der Waals surface area contributed by atoms with Crippen LogP contribution in [0.25, 0.3) is 0 Å². The van der Waals surface area contributed by atoms with E-state index in [1.54, 1.807) is 18.2 Å². The van der Waals surface area contributed by atoms with Crippen molar-refractivity contribution in [1.29, 1.82) is 0 Å². The zero-order valence-corrected chi connectivity index (χ0v) is 15.3. The maximum atomic E-state index is 12.5. The van der Waals surface area contributed by atoms with Gasteiger partial charge in [-0.25, -0.2) is 8.42 Å². The van der Waals surface area contributed by atoms with E-state index in [0.717, 1.165) is 36.1 Å². The van der Waals surface area contributed by atoms with Crippen LogP contribution in [0.5, 0.6) is 0 Å². The number of carbonyl (C=O) groups is 1. The summed E-state index contributed by atoms with van der Waals surface area (Å²) in [5.74, 6) is -0.187. The number of nitrogens with one attached hydrogen (secondary N) is 1. The van der Waals surface area contributed by atoms with Crippen LogP contribution in [0.3, 0.4) is 0 Å². The van der Waals surface area contributed by atoms with Gasteiger partial charge in [-0.2, -0.15) is 0 Å². The molecule has 0 fully saturated rings. The van der Waals surface area contributed by atoms with Crippen molar-refractivity contribution in [2.24, 2.45) is 0 Å². The molecule has 5 nitrogen and oxygen atoms in total. The Hall–Kier alpha value is -2.34. The third-order valence-corrected chi connectivity index (χ3v) is 5.59. The second-order valence-electron chi connectivity index (χ2n) is 6.29. The van der Waals surface area contributed by atoms with E-state index in [1.807, 2.05) is 24.3 Å². The van der Waals surface area contributed by atoms with Crippen LogP contribution in [0.1, 0.15) is 34.8 Å². The van der Waals surface area contributed by atoms with E-state index in [4.69, 9.17) is 0 Å². The fraction of sp³-hybridized carbons (Fsp3) is 0.316. The Morgan fingerprint density at radius 2 is 2.00 bits per heavy atom. The number of carbonyl (C=O) groups excluding carboxylic acids is 1. The average Bonchev–Trinajstić information content (AvgIpc) is 2.60. The zero-order valence-electron chi connectivity index (χ0n) is 14.5. The van der Waals surface area contributed by atoms with Gasteiger partial charge in [0.25, 0.3) is 5.91 Å².